The van der Waals surface area contributed by atoms with Crippen molar-refractivity contribution in [3.05, 3.63) is 42.0 Å². The van der Waals surface area contributed by atoms with Gasteiger partial charge in [-0.1, -0.05) is 0 Å². The molecule has 78 valence electrons. The Labute approximate surface area is 84.6 Å². The molecule has 2 aromatic rings. The first-order chi connectivity index (χ1) is 7.16. The zero-order valence-electron chi connectivity index (χ0n) is 7.98. The Hall–Kier alpha value is -1.85. The van der Waals surface area contributed by atoms with E-state index in [9.17, 15) is 8.78 Å². The lowest BCUT2D eigenvalue weighted by atomic mass is 10.3. The quantitative estimate of drug-likeness (QED) is 0.702. The van der Waals surface area contributed by atoms with E-state index in [4.69, 9.17) is 0 Å². The molecule has 2 heterocycles. The van der Waals surface area contributed by atoms with Crippen LogP contribution in [0.25, 0.3) is 0 Å². The molecule has 0 bridgehead atoms. The van der Waals surface area contributed by atoms with Crippen LogP contribution in [0.1, 0.15) is 11.4 Å². The van der Waals surface area contributed by atoms with E-state index in [1.54, 1.807) is 17.0 Å². The topological polar surface area (TPSA) is 43.6 Å². The van der Waals surface area contributed by atoms with Crippen LogP contribution in [0.4, 0.5) is 8.78 Å². The van der Waals surface area contributed by atoms with E-state index in [0.29, 0.717) is 0 Å². The van der Waals surface area contributed by atoms with Crippen LogP contribution in [0.5, 0.6) is 0 Å². The summed E-state index contributed by atoms with van der Waals surface area (Å²) < 4.78 is 27.7. The lowest BCUT2D eigenvalue weighted by Gasteiger charge is -2.03. The highest BCUT2D eigenvalue weighted by Gasteiger charge is 2.10. The Morgan fingerprint density at radius 1 is 1.27 bits per heavy atom. The normalized spacial score (nSPS) is 10.6. The van der Waals surface area contributed by atoms with Gasteiger partial charge in [-0.15, -0.1) is 0 Å². The van der Waals surface area contributed by atoms with Crippen molar-refractivity contribution in [2.75, 3.05) is 0 Å². The van der Waals surface area contributed by atoms with E-state index in [1.807, 2.05) is 0 Å². The Morgan fingerprint density at radius 3 is 2.47 bits per heavy atom. The summed E-state index contributed by atoms with van der Waals surface area (Å²) in [7, 11) is 0. The van der Waals surface area contributed by atoms with Crippen molar-refractivity contribution < 1.29 is 8.78 Å². The maximum absolute atomic E-state index is 13.1. The van der Waals surface area contributed by atoms with Crippen molar-refractivity contribution in [1.29, 1.82) is 0 Å². The molecule has 4 nitrogen and oxygen atoms in total. The maximum atomic E-state index is 13.1. The Balaban J connectivity index is 2.30. The second kappa shape index (κ2) is 3.72. The Bertz CT molecular complexity index is 444. The largest absolute Gasteiger partial charge is 0.330 e. The highest BCUT2D eigenvalue weighted by molar-refractivity contribution is 5.07. The number of halogens is 2. The summed E-state index contributed by atoms with van der Waals surface area (Å²) >= 11 is 0. The van der Waals surface area contributed by atoms with Gasteiger partial charge in [0.2, 0.25) is 11.9 Å². The van der Waals surface area contributed by atoms with Crippen LogP contribution in [0, 0.1) is 18.8 Å². The summed E-state index contributed by atoms with van der Waals surface area (Å²) in [4.78, 5) is 10.9. The molecule has 0 fully saturated rings. The first-order valence-corrected chi connectivity index (χ1v) is 4.31. The van der Waals surface area contributed by atoms with Gasteiger partial charge >= 0.3 is 0 Å². The molecule has 2 rings (SSSR count). The molecule has 0 aliphatic heterocycles. The van der Waals surface area contributed by atoms with Crippen LogP contribution in [-0.2, 0) is 6.54 Å². The summed E-state index contributed by atoms with van der Waals surface area (Å²) in [5.41, 5.74) is -0.163. The summed E-state index contributed by atoms with van der Waals surface area (Å²) in [6.45, 7) is 1.50. The molecule has 0 spiro atoms. The van der Waals surface area contributed by atoms with Gasteiger partial charge in [0.05, 0.1) is 18.4 Å². The zero-order valence-corrected chi connectivity index (χ0v) is 7.98. The molecular formula is C9H8F2N4. The lowest BCUT2D eigenvalue weighted by Crippen LogP contribution is -2.07. The number of imidazole rings is 1. The molecule has 0 aliphatic rings. The van der Waals surface area contributed by atoms with Gasteiger partial charge in [0.1, 0.15) is 0 Å². The molecule has 15 heavy (non-hydrogen) atoms. The minimum absolute atomic E-state index is 0.0913. The van der Waals surface area contributed by atoms with Crippen LogP contribution < -0.4 is 0 Å². The molecule has 0 atom stereocenters. The van der Waals surface area contributed by atoms with Crippen LogP contribution in [0.2, 0.25) is 0 Å². The van der Waals surface area contributed by atoms with Crippen LogP contribution >= 0.6 is 0 Å². The van der Waals surface area contributed by atoms with E-state index in [2.05, 4.69) is 15.0 Å². The van der Waals surface area contributed by atoms with Gasteiger partial charge in [0, 0.05) is 12.4 Å². The molecule has 6 heteroatoms. The van der Waals surface area contributed by atoms with Crippen LogP contribution in [-0.4, -0.2) is 19.5 Å². The third kappa shape index (κ3) is 1.98. The second-order valence-corrected chi connectivity index (χ2v) is 3.08. The Morgan fingerprint density at radius 2 is 1.93 bits per heavy atom. The van der Waals surface area contributed by atoms with Crippen molar-refractivity contribution in [3.63, 3.8) is 0 Å². The minimum Gasteiger partial charge on any atom is -0.330 e. The maximum Gasteiger partial charge on any atom is 0.222 e. The lowest BCUT2D eigenvalue weighted by molar-refractivity contribution is 0.493. The monoisotopic (exact) mass is 210 g/mol. The number of hydrogen-bond donors (Lipinski definition) is 0. The minimum atomic E-state index is -0.822. The molecule has 0 amide bonds. The van der Waals surface area contributed by atoms with Gasteiger partial charge < -0.3 is 4.57 Å². The van der Waals surface area contributed by atoms with E-state index in [-0.39, 0.29) is 17.9 Å². The van der Waals surface area contributed by atoms with Crippen molar-refractivity contribution in [1.82, 2.24) is 19.5 Å². The van der Waals surface area contributed by atoms with Crippen LogP contribution in [0.15, 0.2) is 18.7 Å². The summed E-state index contributed by atoms with van der Waals surface area (Å²) in [6.07, 6.45) is 4.76. The molecule has 0 saturated heterocycles. The van der Waals surface area contributed by atoms with E-state index >= 15 is 0 Å². The van der Waals surface area contributed by atoms with Crippen molar-refractivity contribution in [3.8, 4) is 0 Å². The van der Waals surface area contributed by atoms with Crippen molar-refractivity contribution >= 4 is 0 Å². The van der Waals surface area contributed by atoms with Gasteiger partial charge in [-0.2, -0.15) is 8.78 Å². The smallest absolute Gasteiger partial charge is 0.222 e. The molecule has 0 radical (unpaired) electrons. The fraction of sp³-hybridized carbons (Fsp3) is 0.222. The molecule has 0 saturated carbocycles. The number of nitrogens with zero attached hydrogens (tertiary/aromatic N) is 4. The predicted octanol–water partition coefficient (Wildman–Crippen LogP) is 1.31. The van der Waals surface area contributed by atoms with Crippen LogP contribution in [0.3, 0.4) is 0 Å². The SMILES string of the molecule is Cc1c(F)nc(Cn2ccnc2)nc1F. The van der Waals surface area contributed by atoms with Gasteiger partial charge in [0.15, 0.2) is 5.82 Å². The molecule has 0 aliphatic carbocycles. The zero-order chi connectivity index (χ0) is 10.8. The second-order valence-electron chi connectivity index (χ2n) is 3.08. The predicted molar refractivity (Wildman–Crippen MR) is 48.0 cm³/mol. The van der Waals surface area contributed by atoms with Gasteiger partial charge in [-0.05, 0) is 6.92 Å². The molecule has 2 aromatic heterocycles. The first-order valence-electron chi connectivity index (χ1n) is 4.31. The third-order valence-electron chi connectivity index (χ3n) is 1.96. The highest BCUT2D eigenvalue weighted by Crippen LogP contribution is 2.07. The van der Waals surface area contributed by atoms with E-state index < -0.39 is 11.9 Å². The average molecular weight is 210 g/mol. The summed E-state index contributed by atoms with van der Waals surface area (Å²) in [5.74, 6) is -1.55. The highest BCUT2D eigenvalue weighted by atomic mass is 19.1. The molecule has 0 aromatic carbocycles. The average Bonchev–Trinajstić information content (AvgIpc) is 2.66. The van der Waals surface area contributed by atoms with E-state index in [1.165, 1.54) is 13.3 Å². The fourth-order valence-electron chi connectivity index (χ4n) is 1.12. The van der Waals surface area contributed by atoms with Crippen molar-refractivity contribution in [2.24, 2.45) is 0 Å². The molecule has 0 unspecified atom stereocenters. The third-order valence-corrected chi connectivity index (χ3v) is 1.96. The fourth-order valence-corrected chi connectivity index (χ4v) is 1.12. The Kier molecular flexibility index (Phi) is 2.40. The molecule has 0 N–H and O–H groups in total. The first kappa shape index (κ1) is 9.70. The number of aromatic nitrogens is 4. The van der Waals surface area contributed by atoms with E-state index in [0.717, 1.165) is 0 Å². The van der Waals surface area contributed by atoms with Gasteiger partial charge in [-0.3, -0.25) is 0 Å². The summed E-state index contributed by atoms with van der Waals surface area (Å²) in [6, 6.07) is 0. The summed E-state index contributed by atoms with van der Waals surface area (Å²) in [5, 5.41) is 0. The van der Waals surface area contributed by atoms with Crippen molar-refractivity contribution in [2.45, 2.75) is 13.5 Å². The van der Waals surface area contributed by atoms with Gasteiger partial charge in [0.25, 0.3) is 0 Å². The molecular weight excluding hydrogens is 202 g/mol. The van der Waals surface area contributed by atoms with Gasteiger partial charge in [-0.25, -0.2) is 15.0 Å². The number of hydrogen-bond acceptors (Lipinski definition) is 3. The number of rotatable bonds is 2. The standard InChI is InChI=1S/C9H8F2N4/c1-6-8(10)13-7(14-9(6)11)4-15-3-2-12-5-15/h2-3,5H,4H2,1H3.